The second-order valence-corrected chi connectivity index (χ2v) is 9.73. The lowest BCUT2D eigenvalue weighted by atomic mass is 10.2. The zero-order valence-electron chi connectivity index (χ0n) is 15.2. The van der Waals surface area contributed by atoms with Crippen LogP contribution in [0.5, 0.6) is 0 Å². The first-order valence-corrected chi connectivity index (χ1v) is 11.7. The highest BCUT2D eigenvalue weighted by molar-refractivity contribution is 8.00. The van der Waals surface area contributed by atoms with Crippen molar-refractivity contribution in [2.24, 2.45) is 0 Å². The van der Waals surface area contributed by atoms with Gasteiger partial charge in [-0.3, -0.25) is 14.2 Å². The molecular formula is C19H16N4O2S3. The van der Waals surface area contributed by atoms with Crippen molar-refractivity contribution in [3.63, 3.8) is 0 Å². The number of fused-ring (bicyclic) bond motifs is 3. The van der Waals surface area contributed by atoms with Crippen LogP contribution in [0.25, 0.3) is 20.4 Å². The van der Waals surface area contributed by atoms with E-state index in [1.165, 1.54) is 11.3 Å². The van der Waals surface area contributed by atoms with Crippen molar-refractivity contribution >= 4 is 66.5 Å². The average Bonchev–Trinajstić information content (AvgIpc) is 3.38. The first-order valence-electron chi connectivity index (χ1n) is 8.84. The summed E-state index contributed by atoms with van der Waals surface area (Å²) in [6.07, 6.45) is 3.76. The van der Waals surface area contributed by atoms with Crippen molar-refractivity contribution in [3.8, 4) is 0 Å². The fourth-order valence-corrected chi connectivity index (χ4v) is 6.16. The average molecular weight is 429 g/mol. The second kappa shape index (κ2) is 6.68. The Morgan fingerprint density at radius 2 is 2.14 bits per heavy atom. The summed E-state index contributed by atoms with van der Waals surface area (Å²) in [6.45, 7) is 2.54. The number of amides is 1. The molecule has 1 aliphatic rings. The quantitative estimate of drug-likeness (QED) is 0.493. The fourth-order valence-electron chi connectivity index (χ4n) is 3.55. The first-order chi connectivity index (χ1) is 13.5. The molecule has 142 valence electrons. The van der Waals surface area contributed by atoms with Crippen LogP contribution in [0.4, 0.5) is 5.69 Å². The molecule has 1 amide bonds. The van der Waals surface area contributed by atoms with Crippen LogP contribution in [0.3, 0.4) is 0 Å². The van der Waals surface area contributed by atoms with E-state index in [-0.39, 0.29) is 11.5 Å². The number of nitrogens with zero attached hydrogens (tertiary/aromatic N) is 3. The number of aromatic nitrogens is 3. The number of carbonyl (C=O) groups is 1. The molecule has 0 aliphatic carbocycles. The maximum Gasteiger partial charge on any atom is 0.266 e. The van der Waals surface area contributed by atoms with Gasteiger partial charge in [-0.1, -0.05) is 11.8 Å². The summed E-state index contributed by atoms with van der Waals surface area (Å²) >= 11 is 4.51. The van der Waals surface area contributed by atoms with E-state index < -0.39 is 0 Å². The summed E-state index contributed by atoms with van der Waals surface area (Å²) in [5.74, 6) is 0.616. The number of thiophene rings is 1. The van der Waals surface area contributed by atoms with Gasteiger partial charge in [0.15, 0.2) is 4.34 Å². The van der Waals surface area contributed by atoms with Crippen molar-refractivity contribution in [2.75, 3.05) is 11.6 Å². The number of hydrogen-bond donors (Lipinski definition) is 1. The lowest BCUT2D eigenvalue weighted by Gasteiger charge is -2.04. The van der Waals surface area contributed by atoms with Crippen LogP contribution in [-0.4, -0.2) is 26.7 Å². The van der Waals surface area contributed by atoms with E-state index in [9.17, 15) is 9.59 Å². The molecule has 0 atom stereocenters. The van der Waals surface area contributed by atoms with Gasteiger partial charge < -0.3 is 5.32 Å². The normalized spacial score (nSPS) is 13.4. The maximum absolute atomic E-state index is 12.9. The Labute approximate surface area is 172 Å². The third-order valence-electron chi connectivity index (χ3n) is 4.92. The van der Waals surface area contributed by atoms with Gasteiger partial charge in [-0.2, -0.15) is 0 Å². The molecule has 1 aromatic carbocycles. The topological polar surface area (TPSA) is 76.9 Å². The van der Waals surface area contributed by atoms with Crippen LogP contribution in [-0.2, 0) is 13.0 Å². The van der Waals surface area contributed by atoms with Gasteiger partial charge in [-0.05, 0) is 43.4 Å². The SMILES string of the molecule is CSc1nc2ccc(NC(=O)c3sc4nc5n(c(=O)c4c3C)CCC5)cc2s1. The molecule has 0 fully saturated rings. The number of thioether (sulfide) groups is 1. The van der Waals surface area contributed by atoms with Crippen LogP contribution in [0.15, 0.2) is 27.3 Å². The van der Waals surface area contributed by atoms with Crippen LogP contribution in [0.1, 0.15) is 27.5 Å². The summed E-state index contributed by atoms with van der Waals surface area (Å²) < 4.78 is 3.77. The Bertz CT molecular complexity index is 1320. The molecule has 0 unspecified atom stereocenters. The summed E-state index contributed by atoms with van der Waals surface area (Å²) in [5.41, 5.74) is 2.33. The smallest absolute Gasteiger partial charge is 0.266 e. The van der Waals surface area contributed by atoms with Crippen LogP contribution in [0.2, 0.25) is 0 Å². The molecule has 3 aromatic heterocycles. The molecule has 1 aliphatic heterocycles. The van der Waals surface area contributed by atoms with Crippen molar-refractivity contribution in [2.45, 2.75) is 30.6 Å². The van der Waals surface area contributed by atoms with Crippen molar-refractivity contribution in [3.05, 3.63) is 44.8 Å². The van der Waals surface area contributed by atoms with Crippen LogP contribution < -0.4 is 10.9 Å². The molecule has 0 saturated carbocycles. The maximum atomic E-state index is 12.9. The number of aryl methyl sites for hydroxylation is 2. The second-order valence-electron chi connectivity index (χ2n) is 6.65. The molecule has 1 N–H and O–H groups in total. The molecule has 9 heteroatoms. The molecule has 28 heavy (non-hydrogen) atoms. The highest BCUT2D eigenvalue weighted by Crippen LogP contribution is 2.32. The Hall–Kier alpha value is -2.23. The Balaban J connectivity index is 1.51. The minimum absolute atomic E-state index is 0.0269. The standard InChI is InChI=1S/C19H16N4O2S3/c1-9-14-17(22-13-4-3-7-23(13)18(14)25)28-15(9)16(24)20-10-5-6-11-12(8-10)27-19(21-11)26-2/h5-6,8H,3-4,7H2,1-2H3,(H,20,24). The third kappa shape index (κ3) is 2.76. The van der Waals surface area contributed by atoms with Gasteiger partial charge in [-0.25, -0.2) is 9.97 Å². The Kier molecular flexibility index (Phi) is 4.26. The van der Waals surface area contributed by atoms with E-state index in [2.05, 4.69) is 15.3 Å². The van der Waals surface area contributed by atoms with Gasteiger partial charge in [-0.15, -0.1) is 22.7 Å². The van der Waals surface area contributed by atoms with E-state index >= 15 is 0 Å². The number of hydrogen-bond acceptors (Lipinski definition) is 7. The van der Waals surface area contributed by atoms with Crippen molar-refractivity contribution < 1.29 is 4.79 Å². The molecule has 0 spiro atoms. The molecule has 5 rings (SSSR count). The highest BCUT2D eigenvalue weighted by atomic mass is 32.2. The van der Waals surface area contributed by atoms with Gasteiger partial charge in [0.2, 0.25) is 0 Å². The van der Waals surface area contributed by atoms with Gasteiger partial charge in [0.25, 0.3) is 11.5 Å². The predicted molar refractivity (Wildman–Crippen MR) is 116 cm³/mol. The minimum Gasteiger partial charge on any atom is -0.321 e. The number of anilines is 1. The highest BCUT2D eigenvalue weighted by Gasteiger charge is 2.23. The molecule has 4 aromatic rings. The molecule has 6 nitrogen and oxygen atoms in total. The number of carbonyl (C=O) groups excluding carboxylic acids is 1. The van der Waals surface area contributed by atoms with E-state index in [0.29, 0.717) is 27.2 Å². The third-order valence-corrected chi connectivity index (χ3v) is 8.11. The largest absolute Gasteiger partial charge is 0.321 e. The molecular weight excluding hydrogens is 412 g/mol. The zero-order chi connectivity index (χ0) is 19.4. The summed E-state index contributed by atoms with van der Waals surface area (Å²) in [6, 6.07) is 5.71. The monoisotopic (exact) mass is 428 g/mol. The van der Waals surface area contributed by atoms with Gasteiger partial charge in [0.1, 0.15) is 10.7 Å². The Morgan fingerprint density at radius 3 is 2.96 bits per heavy atom. The fraction of sp³-hybridized carbons (Fsp3) is 0.263. The predicted octanol–water partition coefficient (Wildman–Crippen LogP) is 4.30. The molecule has 0 saturated heterocycles. The summed E-state index contributed by atoms with van der Waals surface area (Å²) in [7, 11) is 0. The molecule has 4 heterocycles. The first kappa shape index (κ1) is 17.8. The lowest BCUT2D eigenvalue weighted by molar-refractivity contribution is 0.103. The summed E-state index contributed by atoms with van der Waals surface area (Å²) in [4.78, 5) is 36.1. The van der Waals surface area contributed by atoms with E-state index in [0.717, 1.165) is 38.9 Å². The Morgan fingerprint density at radius 1 is 1.29 bits per heavy atom. The van der Waals surface area contributed by atoms with E-state index in [1.807, 2.05) is 31.4 Å². The van der Waals surface area contributed by atoms with Crippen LogP contribution >= 0.6 is 34.4 Å². The number of thiazole rings is 1. The molecule has 0 radical (unpaired) electrons. The minimum atomic E-state index is -0.209. The lowest BCUT2D eigenvalue weighted by Crippen LogP contribution is -2.20. The van der Waals surface area contributed by atoms with Crippen molar-refractivity contribution in [1.82, 2.24) is 14.5 Å². The van der Waals surface area contributed by atoms with Gasteiger partial charge >= 0.3 is 0 Å². The zero-order valence-corrected chi connectivity index (χ0v) is 17.7. The number of rotatable bonds is 3. The van der Waals surface area contributed by atoms with E-state index in [4.69, 9.17) is 0 Å². The van der Waals surface area contributed by atoms with Crippen molar-refractivity contribution in [1.29, 1.82) is 0 Å². The van der Waals surface area contributed by atoms with E-state index in [1.54, 1.807) is 27.7 Å². The number of benzene rings is 1. The van der Waals surface area contributed by atoms with Gasteiger partial charge in [0, 0.05) is 18.7 Å². The molecule has 0 bridgehead atoms. The van der Waals surface area contributed by atoms with Crippen LogP contribution in [0, 0.1) is 6.92 Å². The summed E-state index contributed by atoms with van der Waals surface area (Å²) in [5, 5.41) is 3.54. The van der Waals surface area contributed by atoms with Gasteiger partial charge in [0.05, 0.1) is 20.5 Å². The number of nitrogens with one attached hydrogen (secondary N) is 1.